The lowest BCUT2D eigenvalue weighted by atomic mass is 10.2. The molecule has 0 aliphatic carbocycles. The number of ether oxygens (including phenoxy) is 1. The van der Waals surface area contributed by atoms with Gasteiger partial charge in [0.15, 0.2) is 5.16 Å². The summed E-state index contributed by atoms with van der Waals surface area (Å²) in [6.07, 6.45) is 1.87. The van der Waals surface area contributed by atoms with Gasteiger partial charge in [-0.3, -0.25) is 9.36 Å². The van der Waals surface area contributed by atoms with Gasteiger partial charge in [0.25, 0.3) is 0 Å². The molecule has 148 valence electrons. The second-order valence-electron chi connectivity index (χ2n) is 6.18. The van der Waals surface area contributed by atoms with E-state index in [1.54, 1.807) is 24.4 Å². The zero-order chi connectivity index (χ0) is 20.6. The third-order valence-electron chi connectivity index (χ3n) is 4.34. The van der Waals surface area contributed by atoms with Crippen LogP contribution in [0, 0.1) is 18.3 Å². The molecule has 2 aromatic carbocycles. The topological polar surface area (TPSA) is 84.0 Å². The number of nitrogens with zero attached hydrogens (tertiary/aromatic N) is 5. The number of nitriles is 1. The summed E-state index contributed by atoms with van der Waals surface area (Å²) in [4.78, 5) is 14.6. The van der Waals surface area contributed by atoms with Gasteiger partial charge in [-0.15, -0.1) is 10.2 Å². The Balaban J connectivity index is 1.79. The summed E-state index contributed by atoms with van der Waals surface area (Å²) < 4.78 is 7.26. The van der Waals surface area contributed by atoms with Crippen molar-refractivity contribution in [2.24, 2.45) is 0 Å². The van der Waals surface area contributed by atoms with Gasteiger partial charge in [0.1, 0.15) is 12.1 Å². The molecular weight excluding hydrogens is 386 g/mol. The molecule has 0 atom stereocenters. The van der Waals surface area contributed by atoms with Gasteiger partial charge >= 0.3 is 0 Å². The van der Waals surface area contributed by atoms with Gasteiger partial charge in [0.05, 0.1) is 36.7 Å². The third kappa shape index (κ3) is 4.76. The smallest absolute Gasteiger partial charge is 0.237 e. The fraction of sp³-hybridized carbons (Fsp3) is 0.238. The van der Waals surface area contributed by atoms with E-state index in [4.69, 9.17) is 10.00 Å². The van der Waals surface area contributed by atoms with Crippen LogP contribution < -0.4 is 9.64 Å². The predicted octanol–water partition coefficient (Wildman–Crippen LogP) is 3.62. The largest absolute Gasteiger partial charge is 0.495 e. The highest BCUT2D eigenvalue weighted by Gasteiger charge is 2.20. The summed E-state index contributed by atoms with van der Waals surface area (Å²) in [7, 11) is 1.56. The number of aryl methyl sites for hydroxylation is 1. The minimum Gasteiger partial charge on any atom is -0.495 e. The minimum absolute atomic E-state index is 0.130. The van der Waals surface area contributed by atoms with Gasteiger partial charge in [0.2, 0.25) is 5.91 Å². The van der Waals surface area contributed by atoms with Gasteiger partial charge in [-0.1, -0.05) is 42.1 Å². The number of carbonyl (C=O) groups excluding carboxylic acids is 1. The first kappa shape index (κ1) is 20.4. The number of para-hydroxylation sites is 3. The molecule has 0 aliphatic heterocycles. The highest BCUT2D eigenvalue weighted by molar-refractivity contribution is 7.99. The average molecular weight is 407 g/mol. The van der Waals surface area contributed by atoms with Crippen LogP contribution in [0.15, 0.2) is 60.0 Å². The Morgan fingerprint density at radius 2 is 2.00 bits per heavy atom. The fourth-order valence-corrected chi connectivity index (χ4v) is 3.72. The molecule has 1 heterocycles. The number of rotatable bonds is 8. The highest BCUT2D eigenvalue weighted by Crippen LogP contribution is 2.29. The van der Waals surface area contributed by atoms with Crippen molar-refractivity contribution in [1.29, 1.82) is 5.26 Å². The molecule has 8 heteroatoms. The van der Waals surface area contributed by atoms with Crippen molar-refractivity contribution >= 4 is 23.4 Å². The highest BCUT2D eigenvalue weighted by atomic mass is 32.2. The number of amides is 1. The molecule has 0 saturated carbocycles. The second kappa shape index (κ2) is 9.75. The van der Waals surface area contributed by atoms with Gasteiger partial charge in [-0.25, -0.2) is 0 Å². The van der Waals surface area contributed by atoms with Crippen LogP contribution in [-0.4, -0.2) is 40.1 Å². The van der Waals surface area contributed by atoms with Crippen molar-refractivity contribution in [1.82, 2.24) is 14.8 Å². The lowest BCUT2D eigenvalue weighted by molar-refractivity contribution is -0.116. The van der Waals surface area contributed by atoms with Crippen LogP contribution in [0.1, 0.15) is 12.0 Å². The summed E-state index contributed by atoms with van der Waals surface area (Å²) in [6.45, 7) is 2.31. The number of methoxy groups -OCH3 is 1. The van der Waals surface area contributed by atoms with Gasteiger partial charge < -0.3 is 9.64 Å². The molecule has 3 aromatic rings. The predicted molar refractivity (Wildman–Crippen MR) is 112 cm³/mol. The number of carbonyl (C=O) groups is 1. The molecule has 1 amide bonds. The van der Waals surface area contributed by atoms with Crippen molar-refractivity contribution in [3.63, 3.8) is 0 Å². The first-order valence-corrected chi connectivity index (χ1v) is 10.0. The van der Waals surface area contributed by atoms with E-state index in [1.165, 1.54) is 11.8 Å². The normalized spacial score (nSPS) is 10.4. The quantitative estimate of drug-likeness (QED) is 0.530. The molecule has 0 aliphatic rings. The van der Waals surface area contributed by atoms with E-state index in [1.807, 2.05) is 54.0 Å². The van der Waals surface area contributed by atoms with Crippen LogP contribution in [0.3, 0.4) is 0 Å². The molecule has 0 fully saturated rings. The standard InChI is InChI=1S/C21H21N5O2S/c1-16-8-3-4-9-17(16)26-15-23-24-21(26)29-14-20(27)25(13-7-12-22)18-10-5-6-11-19(18)28-2/h3-6,8-11,15H,7,13-14H2,1-2H3. The number of aromatic nitrogens is 3. The molecule has 0 bridgehead atoms. The first-order chi connectivity index (χ1) is 14.2. The fourth-order valence-electron chi connectivity index (χ4n) is 2.92. The van der Waals surface area contributed by atoms with Crippen molar-refractivity contribution in [3.8, 4) is 17.5 Å². The van der Waals surface area contributed by atoms with E-state index in [-0.39, 0.29) is 18.1 Å². The lowest BCUT2D eigenvalue weighted by Gasteiger charge is -2.23. The second-order valence-corrected chi connectivity index (χ2v) is 7.13. The Morgan fingerprint density at radius 1 is 1.24 bits per heavy atom. The van der Waals surface area contributed by atoms with Crippen molar-refractivity contribution < 1.29 is 9.53 Å². The van der Waals surface area contributed by atoms with Crippen LogP contribution in [0.2, 0.25) is 0 Å². The first-order valence-electron chi connectivity index (χ1n) is 9.05. The Bertz CT molecular complexity index is 1030. The number of hydrogen-bond donors (Lipinski definition) is 0. The van der Waals surface area contributed by atoms with Crippen molar-refractivity contribution in [2.75, 3.05) is 24.3 Å². The Labute approximate surface area is 173 Å². The summed E-state index contributed by atoms with van der Waals surface area (Å²) in [5.41, 5.74) is 2.71. The monoisotopic (exact) mass is 407 g/mol. The SMILES string of the molecule is COc1ccccc1N(CCC#N)C(=O)CSc1nncn1-c1ccccc1C. The van der Waals surface area contributed by atoms with Crippen molar-refractivity contribution in [2.45, 2.75) is 18.5 Å². The molecule has 0 spiro atoms. The lowest BCUT2D eigenvalue weighted by Crippen LogP contribution is -2.33. The van der Waals surface area contributed by atoms with E-state index < -0.39 is 0 Å². The molecule has 0 N–H and O–H groups in total. The maximum absolute atomic E-state index is 13.0. The zero-order valence-electron chi connectivity index (χ0n) is 16.3. The average Bonchev–Trinajstić information content (AvgIpc) is 3.21. The van der Waals surface area contributed by atoms with Gasteiger partial charge in [-0.2, -0.15) is 5.26 Å². The zero-order valence-corrected chi connectivity index (χ0v) is 17.1. The van der Waals surface area contributed by atoms with E-state index in [0.717, 1.165) is 11.3 Å². The number of hydrogen-bond acceptors (Lipinski definition) is 6. The molecular formula is C21H21N5O2S. The number of anilines is 1. The molecule has 7 nitrogen and oxygen atoms in total. The van der Waals surface area contributed by atoms with Crippen LogP contribution in [0.5, 0.6) is 5.75 Å². The van der Waals surface area contributed by atoms with E-state index in [0.29, 0.717) is 23.1 Å². The van der Waals surface area contributed by atoms with Crippen molar-refractivity contribution in [3.05, 3.63) is 60.4 Å². The van der Waals surface area contributed by atoms with E-state index in [9.17, 15) is 4.79 Å². The third-order valence-corrected chi connectivity index (χ3v) is 5.27. The Morgan fingerprint density at radius 3 is 2.76 bits per heavy atom. The molecule has 0 radical (unpaired) electrons. The maximum Gasteiger partial charge on any atom is 0.237 e. The molecule has 0 saturated heterocycles. The Kier molecular flexibility index (Phi) is 6.87. The number of benzene rings is 2. The Hall–Kier alpha value is -3.31. The summed E-state index contributed by atoms with van der Waals surface area (Å²) in [5.74, 6) is 0.620. The molecule has 29 heavy (non-hydrogen) atoms. The van der Waals surface area contributed by atoms with Crippen LogP contribution in [-0.2, 0) is 4.79 Å². The summed E-state index contributed by atoms with van der Waals surface area (Å²) in [5, 5.41) is 17.8. The molecule has 0 unspecified atom stereocenters. The van der Waals surface area contributed by atoms with Gasteiger partial charge in [0, 0.05) is 6.54 Å². The van der Waals surface area contributed by atoms with Gasteiger partial charge in [-0.05, 0) is 30.7 Å². The summed E-state index contributed by atoms with van der Waals surface area (Å²) in [6, 6.07) is 17.3. The van der Waals surface area contributed by atoms with Crippen LogP contribution in [0.4, 0.5) is 5.69 Å². The van der Waals surface area contributed by atoms with E-state index >= 15 is 0 Å². The summed E-state index contributed by atoms with van der Waals surface area (Å²) >= 11 is 1.31. The maximum atomic E-state index is 13.0. The molecule has 1 aromatic heterocycles. The van der Waals surface area contributed by atoms with Crippen LogP contribution in [0.25, 0.3) is 5.69 Å². The molecule has 3 rings (SSSR count). The number of thioether (sulfide) groups is 1. The minimum atomic E-state index is -0.130. The van der Waals surface area contributed by atoms with Crippen LogP contribution >= 0.6 is 11.8 Å². The van der Waals surface area contributed by atoms with E-state index in [2.05, 4.69) is 16.3 Å².